The summed E-state index contributed by atoms with van der Waals surface area (Å²) in [6.07, 6.45) is 16.2. The lowest BCUT2D eigenvalue weighted by molar-refractivity contribution is 0.504. The molecule has 0 aliphatic heterocycles. The first kappa shape index (κ1) is 18.3. The molecule has 0 aromatic carbocycles. The van der Waals surface area contributed by atoms with Gasteiger partial charge < -0.3 is 0 Å². The molecule has 1 aromatic rings. The zero-order valence-electron chi connectivity index (χ0n) is 14.7. The van der Waals surface area contributed by atoms with Crippen LogP contribution in [0.15, 0.2) is 6.07 Å². The van der Waals surface area contributed by atoms with Gasteiger partial charge in [0.15, 0.2) is 0 Å². The summed E-state index contributed by atoms with van der Waals surface area (Å²) in [7, 11) is 0. The van der Waals surface area contributed by atoms with Crippen LogP contribution in [0.1, 0.15) is 96.4 Å². The lowest BCUT2D eigenvalue weighted by atomic mass is 10.1. The van der Waals surface area contributed by atoms with Crippen LogP contribution in [0.2, 0.25) is 0 Å². The van der Waals surface area contributed by atoms with Crippen molar-refractivity contribution >= 4 is 0 Å². The van der Waals surface area contributed by atoms with Gasteiger partial charge in [-0.05, 0) is 25.3 Å². The van der Waals surface area contributed by atoms with E-state index in [0.29, 0.717) is 0 Å². The number of unbranched alkanes of at least 4 members (excludes halogenated alkanes) is 9. The molecule has 1 heterocycles. The zero-order valence-corrected chi connectivity index (χ0v) is 14.7. The van der Waals surface area contributed by atoms with Crippen molar-refractivity contribution in [3.8, 4) is 0 Å². The third kappa shape index (κ3) is 7.68. The van der Waals surface area contributed by atoms with E-state index in [-0.39, 0.29) is 0 Å². The van der Waals surface area contributed by atoms with Crippen LogP contribution in [0, 0.1) is 0 Å². The second-order valence-corrected chi connectivity index (χ2v) is 6.24. The van der Waals surface area contributed by atoms with Crippen LogP contribution >= 0.6 is 0 Å². The summed E-state index contributed by atoms with van der Waals surface area (Å²) in [6, 6.07) is 2.27. The van der Waals surface area contributed by atoms with Gasteiger partial charge in [-0.15, -0.1) is 0 Å². The number of nitrogens with zero attached hydrogens (tertiary/aromatic N) is 2. The van der Waals surface area contributed by atoms with Crippen LogP contribution in [0.3, 0.4) is 0 Å². The highest BCUT2D eigenvalue weighted by Crippen LogP contribution is 2.12. The molecule has 0 N–H and O–H groups in total. The Bertz CT molecular complexity index is 354. The van der Waals surface area contributed by atoms with Crippen molar-refractivity contribution in [1.82, 2.24) is 9.78 Å². The SMILES string of the molecule is CCCCCCCCCCCCn1nc(CC)cc1CC. The number of aryl methyl sites for hydroxylation is 3. The highest BCUT2D eigenvalue weighted by molar-refractivity contribution is 5.10. The van der Waals surface area contributed by atoms with E-state index >= 15 is 0 Å². The third-order valence-corrected chi connectivity index (χ3v) is 4.36. The first-order valence-electron chi connectivity index (χ1n) is 9.37. The van der Waals surface area contributed by atoms with Crippen molar-refractivity contribution in [2.24, 2.45) is 0 Å². The van der Waals surface area contributed by atoms with Gasteiger partial charge in [-0.3, -0.25) is 4.68 Å². The van der Waals surface area contributed by atoms with Crippen molar-refractivity contribution in [3.05, 3.63) is 17.5 Å². The minimum Gasteiger partial charge on any atom is -0.269 e. The molecule has 0 spiro atoms. The van der Waals surface area contributed by atoms with Gasteiger partial charge in [0.2, 0.25) is 0 Å². The first-order valence-corrected chi connectivity index (χ1v) is 9.37. The van der Waals surface area contributed by atoms with Crippen LogP contribution in [-0.4, -0.2) is 9.78 Å². The largest absolute Gasteiger partial charge is 0.269 e. The van der Waals surface area contributed by atoms with Crippen LogP contribution in [0.25, 0.3) is 0 Å². The summed E-state index contributed by atoms with van der Waals surface area (Å²) in [5, 5.41) is 4.69. The Kier molecular flexibility index (Phi) is 10.3. The van der Waals surface area contributed by atoms with Crippen LogP contribution < -0.4 is 0 Å². The molecule has 122 valence electrons. The van der Waals surface area contributed by atoms with Crippen LogP contribution in [-0.2, 0) is 19.4 Å². The quantitative estimate of drug-likeness (QED) is 0.412. The van der Waals surface area contributed by atoms with Gasteiger partial charge in [-0.2, -0.15) is 5.10 Å². The van der Waals surface area contributed by atoms with E-state index in [4.69, 9.17) is 5.10 Å². The van der Waals surface area contributed by atoms with E-state index in [9.17, 15) is 0 Å². The first-order chi connectivity index (χ1) is 10.3. The number of rotatable bonds is 13. The Morgan fingerprint density at radius 2 is 1.33 bits per heavy atom. The fraction of sp³-hybridized carbons (Fsp3) is 0.842. The van der Waals surface area contributed by atoms with Gasteiger partial charge in [-0.1, -0.05) is 78.6 Å². The van der Waals surface area contributed by atoms with Gasteiger partial charge in [0.05, 0.1) is 5.69 Å². The fourth-order valence-corrected chi connectivity index (χ4v) is 2.91. The molecule has 0 saturated heterocycles. The summed E-state index contributed by atoms with van der Waals surface area (Å²) in [6.45, 7) is 7.81. The number of hydrogen-bond donors (Lipinski definition) is 0. The highest BCUT2D eigenvalue weighted by atomic mass is 15.3. The Morgan fingerprint density at radius 1 is 0.762 bits per heavy atom. The van der Waals surface area contributed by atoms with E-state index in [1.807, 2.05) is 0 Å². The molecule has 2 heteroatoms. The third-order valence-electron chi connectivity index (χ3n) is 4.36. The second-order valence-electron chi connectivity index (χ2n) is 6.24. The minimum atomic E-state index is 1.05. The lowest BCUT2D eigenvalue weighted by Crippen LogP contribution is -2.04. The summed E-state index contributed by atoms with van der Waals surface area (Å²) in [4.78, 5) is 0. The fourth-order valence-electron chi connectivity index (χ4n) is 2.91. The van der Waals surface area contributed by atoms with Gasteiger partial charge >= 0.3 is 0 Å². The van der Waals surface area contributed by atoms with Gasteiger partial charge in [0.1, 0.15) is 0 Å². The average Bonchev–Trinajstić information content (AvgIpc) is 2.91. The van der Waals surface area contributed by atoms with Crippen LogP contribution in [0.5, 0.6) is 0 Å². The molecule has 0 saturated carbocycles. The summed E-state index contributed by atoms with van der Waals surface area (Å²) < 4.78 is 2.24. The molecule has 0 aliphatic rings. The maximum Gasteiger partial charge on any atom is 0.0624 e. The Balaban J connectivity index is 2.02. The molecule has 0 bridgehead atoms. The second kappa shape index (κ2) is 11.8. The summed E-state index contributed by atoms with van der Waals surface area (Å²) in [5.41, 5.74) is 2.65. The smallest absolute Gasteiger partial charge is 0.0624 e. The molecule has 21 heavy (non-hydrogen) atoms. The van der Waals surface area contributed by atoms with Crippen molar-refractivity contribution in [3.63, 3.8) is 0 Å². The Labute approximate surface area is 132 Å². The van der Waals surface area contributed by atoms with E-state index < -0.39 is 0 Å². The van der Waals surface area contributed by atoms with E-state index in [1.54, 1.807) is 0 Å². The molecule has 1 aromatic heterocycles. The standard InChI is InChI=1S/C19H36N2/c1-4-7-8-9-10-11-12-13-14-15-16-21-19(6-3)17-18(5-2)20-21/h17H,4-16H2,1-3H3. The molecule has 0 radical (unpaired) electrons. The predicted molar refractivity (Wildman–Crippen MR) is 92.8 cm³/mol. The molecular weight excluding hydrogens is 256 g/mol. The minimum absolute atomic E-state index is 1.05. The van der Waals surface area contributed by atoms with Crippen molar-refractivity contribution in [2.75, 3.05) is 0 Å². The lowest BCUT2D eigenvalue weighted by Gasteiger charge is -2.06. The highest BCUT2D eigenvalue weighted by Gasteiger charge is 2.04. The normalized spacial score (nSPS) is 11.2. The molecule has 2 nitrogen and oxygen atoms in total. The van der Waals surface area contributed by atoms with E-state index in [1.165, 1.54) is 75.6 Å². The predicted octanol–water partition coefficient (Wildman–Crippen LogP) is 5.93. The number of hydrogen-bond acceptors (Lipinski definition) is 1. The Hall–Kier alpha value is -0.790. The summed E-state index contributed by atoms with van der Waals surface area (Å²) >= 11 is 0. The molecule has 0 atom stereocenters. The molecule has 1 rings (SSSR count). The van der Waals surface area contributed by atoms with E-state index in [2.05, 4.69) is 31.5 Å². The maximum absolute atomic E-state index is 4.69. The number of aromatic nitrogens is 2. The molecule has 0 fully saturated rings. The van der Waals surface area contributed by atoms with Gasteiger partial charge in [0.25, 0.3) is 0 Å². The van der Waals surface area contributed by atoms with E-state index in [0.717, 1.165) is 19.4 Å². The maximum atomic E-state index is 4.69. The van der Waals surface area contributed by atoms with Crippen LogP contribution in [0.4, 0.5) is 0 Å². The molecule has 0 aliphatic carbocycles. The topological polar surface area (TPSA) is 17.8 Å². The average molecular weight is 293 g/mol. The summed E-state index contributed by atoms with van der Waals surface area (Å²) in [5.74, 6) is 0. The Morgan fingerprint density at radius 3 is 1.86 bits per heavy atom. The van der Waals surface area contributed by atoms with Crippen molar-refractivity contribution in [2.45, 2.75) is 104 Å². The zero-order chi connectivity index (χ0) is 15.3. The van der Waals surface area contributed by atoms with Crippen molar-refractivity contribution < 1.29 is 0 Å². The van der Waals surface area contributed by atoms with Gasteiger partial charge in [-0.25, -0.2) is 0 Å². The molecular formula is C19H36N2. The molecule has 0 unspecified atom stereocenters. The van der Waals surface area contributed by atoms with Gasteiger partial charge in [0, 0.05) is 12.2 Å². The molecule has 0 amide bonds. The van der Waals surface area contributed by atoms with Crippen molar-refractivity contribution in [1.29, 1.82) is 0 Å². The monoisotopic (exact) mass is 292 g/mol.